The summed E-state index contributed by atoms with van der Waals surface area (Å²) in [6, 6.07) is 0. The Morgan fingerprint density at radius 1 is 1.74 bits per heavy atom. The van der Waals surface area contributed by atoms with E-state index in [0.717, 1.165) is 0 Å². The van der Waals surface area contributed by atoms with E-state index in [9.17, 15) is 14.9 Å². The van der Waals surface area contributed by atoms with Crippen molar-refractivity contribution in [2.45, 2.75) is 0 Å². The van der Waals surface area contributed by atoms with Crippen LogP contribution in [-0.4, -0.2) is 38.5 Å². The van der Waals surface area contributed by atoms with E-state index in [1.165, 1.54) is 32.9 Å². The van der Waals surface area contributed by atoms with Crippen LogP contribution in [0.25, 0.3) is 4.96 Å². The number of anilines is 1. The monoisotopic (exact) mass is 282 g/mol. The summed E-state index contributed by atoms with van der Waals surface area (Å²) >= 11 is 1.24. The van der Waals surface area contributed by atoms with Gasteiger partial charge in [0.2, 0.25) is 5.82 Å². The number of aromatic nitrogens is 2. The average molecular weight is 282 g/mol. The zero-order chi connectivity index (χ0) is 14.0. The molecule has 0 atom stereocenters. The average Bonchev–Trinajstić information content (AvgIpc) is 2.85. The molecule has 0 radical (unpaired) electrons. The van der Waals surface area contributed by atoms with Gasteiger partial charge in [0.25, 0.3) is 4.96 Å². The fraction of sp³-hybridized carbons (Fsp3) is 0.200. The Kier molecular flexibility index (Phi) is 3.47. The molecule has 19 heavy (non-hydrogen) atoms. The van der Waals surface area contributed by atoms with Gasteiger partial charge in [-0.05, 0) is 4.92 Å². The number of carbonyl (C=O) groups is 1. The van der Waals surface area contributed by atoms with E-state index in [0.29, 0.717) is 4.96 Å². The molecule has 0 fully saturated rings. The summed E-state index contributed by atoms with van der Waals surface area (Å²) in [5.74, 6) is -1.29. The highest BCUT2D eigenvalue weighted by Gasteiger charge is 2.28. The first-order valence-electron chi connectivity index (χ1n) is 5.22. The number of hydrogen-bond acceptors (Lipinski definition) is 6. The maximum absolute atomic E-state index is 11.1. The van der Waals surface area contributed by atoms with Gasteiger partial charge < -0.3 is 20.1 Å². The smallest absolute Gasteiger partial charge is 0.373 e. The normalized spacial score (nSPS) is 10.5. The van der Waals surface area contributed by atoms with Gasteiger partial charge in [0, 0.05) is 11.9 Å². The van der Waals surface area contributed by atoms with Crippen LogP contribution in [0.5, 0.6) is 0 Å². The van der Waals surface area contributed by atoms with Crippen LogP contribution in [0.15, 0.2) is 24.2 Å². The van der Waals surface area contributed by atoms with Crippen molar-refractivity contribution in [2.75, 3.05) is 18.0 Å². The third kappa shape index (κ3) is 2.40. The maximum atomic E-state index is 11.1. The number of fused-ring (bicyclic) bond motifs is 1. The van der Waals surface area contributed by atoms with E-state index in [4.69, 9.17) is 5.11 Å². The van der Waals surface area contributed by atoms with Crippen molar-refractivity contribution in [1.29, 1.82) is 0 Å². The van der Waals surface area contributed by atoms with Gasteiger partial charge in [0.1, 0.15) is 12.7 Å². The van der Waals surface area contributed by atoms with E-state index in [-0.39, 0.29) is 24.7 Å². The molecule has 0 aliphatic rings. The number of carboxylic acid groups (broad SMARTS) is 1. The number of hydrogen-bond donors (Lipinski definition) is 1. The molecule has 0 unspecified atom stereocenters. The van der Waals surface area contributed by atoms with Gasteiger partial charge in [-0.3, -0.25) is 4.79 Å². The minimum Gasteiger partial charge on any atom is -0.480 e. The molecular formula is C10H10N4O4S. The van der Waals surface area contributed by atoms with Crippen LogP contribution in [0.2, 0.25) is 0 Å². The van der Waals surface area contributed by atoms with Crippen molar-refractivity contribution < 1.29 is 14.8 Å². The quantitative estimate of drug-likeness (QED) is 0.488. The molecule has 2 rings (SSSR count). The Bertz CT molecular complexity index is 647. The van der Waals surface area contributed by atoms with Crippen molar-refractivity contribution in [1.82, 2.24) is 9.38 Å². The lowest BCUT2D eigenvalue weighted by molar-refractivity contribution is -0.389. The largest absolute Gasteiger partial charge is 0.480 e. The lowest BCUT2D eigenvalue weighted by atomic mass is 10.4. The highest BCUT2D eigenvalue weighted by molar-refractivity contribution is 7.15. The zero-order valence-corrected chi connectivity index (χ0v) is 10.5. The molecule has 2 aromatic rings. The first-order valence-corrected chi connectivity index (χ1v) is 6.10. The predicted molar refractivity (Wildman–Crippen MR) is 69.8 cm³/mol. The molecule has 0 spiro atoms. The Balaban J connectivity index is 2.54. The number of aliphatic carboxylic acids is 1. The van der Waals surface area contributed by atoms with Crippen molar-refractivity contribution in [3.05, 3.63) is 34.3 Å². The van der Waals surface area contributed by atoms with Gasteiger partial charge >= 0.3 is 11.8 Å². The summed E-state index contributed by atoms with van der Waals surface area (Å²) in [4.78, 5) is 27.2. The Hall–Kier alpha value is -2.42. The molecule has 2 aromatic heterocycles. The molecule has 0 saturated carbocycles. The third-order valence-corrected chi connectivity index (χ3v) is 3.12. The Labute approximate surface area is 111 Å². The number of nitro groups is 1. The molecule has 0 bridgehead atoms. The molecule has 0 amide bonds. The zero-order valence-electron chi connectivity index (χ0n) is 9.72. The summed E-state index contributed by atoms with van der Waals surface area (Å²) in [6.07, 6.45) is 3.00. The molecule has 0 aromatic carbocycles. The van der Waals surface area contributed by atoms with Gasteiger partial charge in [0.05, 0.1) is 0 Å². The fourth-order valence-electron chi connectivity index (χ4n) is 1.69. The lowest BCUT2D eigenvalue weighted by Crippen LogP contribution is -2.30. The second kappa shape index (κ2) is 5.06. The third-order valence-electron chi connectivity index (χ3n) is 2.37. The lowest BCUT2D eigenvalue weighted by Gasteiger charge is -2.17. The van der Waals surface area contributed by atoms with Gasteiger partial charge in [-0.15, -0.1) is 6.58 Å². The summed E-state index contributed by atoms with van der Waals surface area (Å²) < 4.78 is 1.33. The number of thiazole rings is 1. The van der Waals surface area contributed by atoms with Gasteiger partial charge in [-0.25, -0.2) is 0 Å². The molecule has 0 aliphatic carbocycles. The molecular weight excluding hydrogens is 272 g/mol. The fourth-order valence-corrected chi connectivity index (χ4v) is 2.39. The number of imidazole rings is 1. The van der Waals surface area contributed by atoms with Crippen LogP contribution in [0.1, 0.15) is 0 Å². The standard InChI is InChI=1S/C10H10N4O4S/c1-2-3-12(6-7(15)16)8-9(14(17)18)13-4-5-19-10(13)11-8/h2,4-5H,1,3,6H2,(H,15,16). The molecule has 0 aliphatic heterocycles. The Morgan fingerprint density at radius 2 is 2.47 bits per heavy atom. The van der Waals surface area contributed by atoms with Gasteiger partial charge in [-0.2, -0.15) is 9.38 Å². The first kappa shape index (κ1) is 13.0. The Morgan fingerprint density at radius 3 is 3.05 bits per heavy atom. The van der Waals surface area contributed by atoms with Crippen molar-refractivity contribution in [2.24, 2.45) is 0 Å². The van der Waals surface area contributed by atoms with Gasteiger partial charge in [-0.1, -0.05) is 17.4 Å². The van der Waals surface area contributed by atoms with E-state index in [2.05, 4.69) is 11.6 Å². The second-order valence-electron chi connectivity index (χ2n) is 3.63. The van der Waals surface area contributed by atoms with Gasteiger partial charge in [0.15, 0.2) is 0 Å². The molecule has 8 nitrogen and oxygen atoms in total. The SMILES string of the molecule is C=CCN(CC(=O)O)c1nc2sccn2c1[N+](=O)[O-]. The van der Waals surface area contributed by atoms with Crippen LogP contribution < -0.4 is 4.90 Å². The van der Waals surface area contributed by atoms with Crippen molar-refractivity contribution in [3.63, 3.8) is 0 Å². The molecule has 0 saturated heterocycles. The minimum atomic E-state index is -1.09. The summed E-state index contributed by atoms with van der Waals surface area (Å²) in [5.41, 5.74) is 0. The van der Waals surface area contributed by atoms with E-state index < -0.39 is 10.9 Å². The number of rotatable bonds is 6. The topological polar surface area (TPSA) is 101 Å². The minimum absolute atomic E-state index is 0.0409. The molecule has 1 N–H and O–H groups in total. The van der Waals surface area contributed by atoms with Crippen LogP contribution >= 0.6 is 11.3 Å². The number of nitrogens with zero attached hydrogens (tertiary/aromatic N) is 4. The van der Waals surface area contributed by atoms with E-state index >= 15 is 0 Å². The number of carboxylic acids is 1. The summed E-state index contributed by atoms with van der Waals surface area (Å²) in [7, 11) is 0. The van der Waals surface area contributed by atoms with E-state index in [1.54, 1.807) is 5.38 Å². The molecule has 100 valence electrons. The second-order valence-corrected chi connectivity index (χ2v) is 4.51. The predicted octanol–water partition coefficient (Wildman–Crippen LogP) is 1.38. The highest BCUT2D eigenvalue weighted by atomic mass is 32.1. The molecule has 9 heteroatoms. The van der Waals surface area contributed by atoms with Crippen LogP contribution in [0, 0.1) is 10.1 Å². The van der Waals surface area contributed by atoms with Crippen molar-refractivity contribution in [3.8, 4) is 0 Å². The maximum Gasteiger partial charge on any atom is 0.373 e. The van der Waals surface area contributed by atoms with E-state index in [1.807, 2.05) is 0 Å². The van der Waals surface area contributed by atoms with Crippen LogP contribution in [0.3, 0.4) is 0 Å². The summed E-state index contributed by atoms with van der Waals surface area (Å²) in [6.45, 7) is 3.30. The van der Waals surface area contributed by atoms with Crippen LogP contribution in [-0.2, 0) is 4.79 Å². The summed E-state index contributed by atoms with van der Waals surface area (Å²) in [5, 5.41) is 21.7. The molecule has 2 heterocycles. The highest BCUT2D eigenvalue weighted by Crippen LogP contribution is 2.30. The van der Waals surface area contributed by atoms with Crippen LogP contribution in [0.4, 0.5) is 11.6 Å². The van der Waals surface area contributed by atoms with Crippen molar-refractivity contribution >= 4 is 33.9 Å². The first-order chi connectivity index (χ1) is 9.04.